The molecule has 1 aliphatic carbocycles. The summed E-state index contributed by atoms with van der Waals surface area (Å²) in [5, 5.41) is 0.168. The molecule has 0 radical (unpaired) electrons. The van der Waals surface area contributed by atoms with Crippen molar-refractivity contribution in [2.75, 3.05) is 5.73 Å². The number of hydrogen-bond acceptors (Lipinski definition) is 5. The number of nitrogens with two attached hydrogens (primary N) is 1. The van der Waals surface area contributed by atoms with Crippen LogP contribution in [0.2, 0.25) is 0 Å². The molecule has 108 valence electrons. The number of nitrogen functional groups attached to an aromatic ring is 1. The largest absolute Gasteiger partial charge is 0.398 e. The predicted octanol–water partition coefficient (Wildman–Crippen LogP) is 1.15. The van der Waals surface area contributed by atoms with Crippen LogP contribution in [0.1, 0.15) is 33.9 Å². The number of anilines is 1. The molecule has 1 atom stereocenters. The molecule has 0 saturated heterocycles. The maximum Gasteiger partial charge on any atom is 0.264 e. The number of ketones is 2. The predicted molar refractivity (Wildman–Crippen MR) is 78.1 cm³/mol. The van der Waals surface area contributed by atoms with E-state index in [4.69, 9.17) is 8.48 Å². The van der Waals surface area contributed by atoms with Crippen LogP contribution in [-0.2, 0) is 9.59 Å². The molecule has 0 amide bonds. The van der Waals surface area contributed by atoms with Gasteiger partial charge in [-0.2, -0.15) is 0 Å². The smallest absolute Gasteiger partial charge is 0.264 e. The zero-order valence-electron chi connectivity index (χ0n) is 13.2. The van der Waals surface area contributed by atoms with Gasteiger partial charge in [0.1, 0.15) is 11.6 Å². The Kier molecular flexibility index (Phi) is 2.56. The van der Waals surface area contributed by atoms with Crippen LogP contribution in [0.15, 0.2) is 23.0 Å². The summed E-state index contributed by atoms with van der Waals surface area (Å²) >= 11 is 0. The number of fused-ring (bicyclic) bond motifs is 1. The topological polar surface area (TPSA) is 95.0 Å². The minimum Gasteiger partial charge on any atom is -0.398 e. The Bertz CT molecular complexity index is 876. The number of carbonyl (C=O) groups excluding carboxylic acids is 2. The van der Waals surface area contributed by atoms with Crippen molar-refractivity contribution in [1.29, 1.82) is 0 Å². The number of aryl methyl sites for hydroxylation is 1. The molecule has 0 spiro atoms. The second kappa shape index (κ2) is 4.80. The Morgan fingerprint density at radius 1 is 1.38 bits per heavy atom. The third kappa shape index (κ3) is 2.12. The van der Waals surface area contributed by atoms with Crippen molar-refractivity contribution >= 4 is 28.2 Å². The van der Waals surface area contributed by atoms with E-state index >= 15 is 0 Å². The maximum absolute atomic E-state index is 12.8. The second-order valence-corrected chi connectivity index (χ2v) is 5.12. The molecule has 2 N–H and O–H groups in total. The van der Waals surface area contributed by atoms with Gasteiger partial charge in [0.05, 0.1) is 23.4 Å². The van der Waals surface area contributed by atoms with Crippen LogP contribution in [-0.4, -0.2) is 21.1 Å². The van der Waals surface area contributed by atoms with Crippen molar-refractivity contribution in [3.05, 3.63) is 34.4 Å². The van der Waals surface area contributed by atoms with E-state index in [1.54, 1.807) is 18.2 Å². The van der Waals surface area contributed by atoms with E-state index in [0.717, 1.165) is 4.57 Å². The Morgan fingerprint density at radius 3 is 2.90 bits per heavy atom. The average molecular weight is 287 g/mol. The number of benzene rings is 1. The monoisotopic (exact) mass is 287 g/mol. The summed E-state index contributed by atoms with van der Waals surface area (Å²) in [5.41, 5.74) is 5.84. The van der Waals surface area contributed by atoms with Crippen molar-refractivity contribution in [3.8, 4) is 0 Å². The molecule has 21 heavy (non-hydrogen) atoms. The van der Waals surface area contributed by atoms with Gasteiger partial charge in [0.25, 0.3) is 5.56 Å². The number of hydrogen-bond donors (Lipinski definition) is 1. The van der Waals surface area contributed by atoms with E-state index in [1.165, 1.54) is 0 Å². The van der Waals surface area contributed by atoms with Gasteiger partial charge in [-0.15, -0.1) is 0 Å². The van der Waals surface area contributed by atoms with E-state index in [-0.39, 0.29) is 47.7 Å². The summed E-state index contributed by atoms with van der Waals surface area (Å²) in [6.45, 7) is -1.53. The highest BCUT2D eigenvalue weighted by Crippen LogP contribution is 2.24. The summed E-state index contributed by atoms with van der Waals surface area (Å²) in [6.07, 6.45) is 0.127. The number of Topliss-reactive ketones (excluding diaryl/α,β-unsaturated/α-hetero) is 2. The fraction of sp³-hybridized carbons (Fsp3) is 0.333. The molecule has 3 rings (SSSR count). The van der Waals surface area contributed by atoms with Gasteiger partial charge in [-0.25, -0.2) is 4.98 Å². The minimum atomic E-state index is -1.53. The first-order valence-corrected chi connectivity index (χ1v) is 6.59. The third-order valence-corrected chi connectivity index (χ3v) is 3.74. The Balaban J connectivity index is 2.30. The lowest BCUT2D eigenvalue weighted by atomic mass is 9.92. The highest BCUT2D eigenvalue weighted by molar-refractivity contribution is 6.03. The van der Waals surface area contributed by atoms with Crippen molar-refractivity contribution in [3.63, 3.8) is 0 Å². The summed E-state index contributed by atoms with van der Waals surface area (Å²) in [5.74, 6) is -0.663. The molecule has 1 aromatic heterocycles. The normalized spacial score (nSPS) is 20.7. The first-order chi connectivity index (χ1) is 10.9. The fourth-order valence-corrected chi connectivity index (χ4v) is 2.72. The van der Waals surface area contributed by atoms with Gasteiger partial charge in [0.2, 0.25) is 0 Å². The number of aromatic nitrogens is 2. The lowest BCUT2D eigenvalue weighted by Gasteiger charge is -2.24. The van der Waals surface area contributed by atoms with Crippen LogP contribution in [0.5, 0.6) is 0 Å². The SMILES string of the molecule is [2H]C([2H])c1nc2cccc(N)c2c(=O)n1C1CCC(=O)CC1=O. The molecule has 2 aromatic rings. The van der Waals surface area contributed by atoms with Crippen molar-refractivity contribution in [1.82, 2.24) is 9.55 Å². The molecule has 6 nitrogen and oxygen atoms in total. The quantitative estimate of drug-likeness (QED) is 0.627. The number of nitrogens with zero attached hydrogens (tertiary/aromatic N) is 2. The standard InChI is InChI=1S/C15H15N3O3/c1-8-17-11-4-2-3-10(16)14(11)15(21)18(8)12-6-5-9(19)7-13(12)20/h2-4,12H,5-7,16H2,1H3/i1D2. The summed E-state index contributed by atoms with van der Waals surface area (Å²) in [7, 11) is 0. The zero-order chi connectivity index (χ0) is 16.7. The molecule has 1 fully saturated rings. The first kappa shape index (κ1) is 11.2. The molecule has 1 unspecified atom stereocenters. The van der Waals surface area contributed by atoms with Crippen LogP contribution < -0.4 is 11.3 Å². The zero-order valence-corrected chi connectivity index (χ0v) is 11.2. The van der Waals surface area contributed by atoms with Gasteiger partial charge in [-0.05, 0) is 25.4 Å². The fourth-order valence-electron chi connectivity index (χ4n) is 2.72. The van der Waals surface area contributed by atoms with Crippen LogP contribution >= 0.6 is 0 Å². The summed E-state index contributed by atoms with van der Waals surface area (Å²) < 4.78 is 16.4. The third-order valence-electron chi connectivity index (χ3n) is 3.74. The first-order valence-electron chi connectivity index (χ1n) is 7.75. The molecule has 1 saturated carbocycles. The van der Waals surface area contributed by atoms with Crippen LogP contribution in [0.3, 0.4) is 0 Å². The van der Waals surface area contributed by atoms with Gasteiger partial charge >= 0.3 is 0 Å². The maximum atomic E-state index is 12.8. The summed E-state index contributed by atoms with van der Waals surface area (Å²) in [4.78, 5) is 40.6. The van der Waals surface area contributed by atoms with Crippen LogP contribution in [0.25, 0.3) is 10.9 Å². The van der Waals surface area contributed by atoms with Crippen molar-refractivity contribution < 1.29 is 12.3 Å². The van der Waals surface area contributed by atoms with Crippen LogP contribution in [0.4, 0.5) is 5.69 Å². The highest BCUT2D eigenvalue weighted by Gasteiger charge is 2.30. The molecule has 1 heterocycles. The molecule has 0 bridgehead atoms. The number of rotatable bonds is 1. The molecular weight excluding hydrogens is 270 g/mol. The van der Waals surface area contributed by atoms with Gasteiger partial charge in [0.15, 0.2) is 5.78 Å². The van der Waals surface area contributed by atoms with Gasteiger partial charge in [-0.1, -0.05) is 6.07 Å². The van der Waals surface area contributed by atoms with E-state index in [2.05, 4.69) is 4.98 Å². The highest BCUT2D eigenvalue weighted by atomic mass is 16.2. The Hall–Kier alpha value is -2.50. The molecule has 1 aliphatic rings. The molecule has 1 aromatic carbocycles. The van der Waals surface area contributed by atoms with Crippen molar-refractivity contribution in [2.45, 2.75) is 32.2 Å². The Labute approximate surface area is 123 Å². The number of carbonyl (C=O) groups is 2. The lowest BCUT2D eigenvalue weighted by Crippen LogP contribution is -2.36. The van der Waals surface area contributed by atoms with E-state index in [0.29, 0.717) is 5.52 Å². The van der Waals surface area contributed by atoms with E-state index in [1.807, 2.05) is 0 Å². The van der Waals surface area contributed by atoms with Gasteiger partial charge in [-0.3, -0.25) is 19.0 Å². The van der Waals surface area contributed by atoms with Crippen molar-refractivity contribution in [2.24, 2.45) is 0 Å². The van der Waals surface area contributed by atoms with Gasteiger partial charge < -0.3 is 5.73 Å². The Morgan fingerprint density at radius 2 is 2.19 bits per heavy atom. The lowest BCUT2D eigenvalue weighted by molar-refractivity contribution is -0.132. The van der Waals surface area contributed by atoms with E-state index in [9.17, 15) is 14.4 Å². The minimum absolute atomic E-state index is 0.110. The molecular formula is C15H15N3O3. The summed E-state index contributed by atoms with van der Waals surface area (Å²) in [6, 6.07) is 3.90. The second-order valence-electron chi connectivity index (χ2n) is 5.12. The molecule has 0 aliphatic heterocycles. The van der Waals surface area contributed by atoms with E-state index < -0.39 is 18.5 Å². The average Bonchev–Trinajstić information content (AvgIpc) is 2.48. The molecule has 6 heteroatoms. The van der Waals surface area contributed by atoms with Crippen LogP contribution in [0, 0.1) is 6.88 Å². The van der Waals surface area contributed by atoms with Gasteiger partial charge in [0, 0.05) is 14.8 Å².